The number of hydrogen-bond donors (Lipinski definition) is 3. The lowest BCUT2D eigenvalue weighted by Gasteiger charge is -2.27. The van der Waals surface area contributed by atoms with E-state index < -0.39 is 17.3 Å². The lowest BCUT2D eigenvalue weighted by Crippen LogP contribution is -2.21. The van der Waals surface area contributed by atoms with E-state index in [1.54, 1.807) is 6.92 Å². The quantitative estimate of drug-likeness (QED) is 0.408. The lowest BCUT2D eigenvalue weighted by molar-refractivity contribution is 0.0502. The van der Waals surface area contributed by atoms with Crippen molar-refractivity contribution in [2.75, 3.05) is 0 Å². The van der Waals surface area contributed by atoms with E-state index in [9.17, 15) is 20.1 Å². The van der Waals surface area contributed by atoms with Crippen LogP contribution in [0.4, 0.5) is 0 Å². The summed E-state index contributed by atoms with van der Waals surface area (Å²) < 4.78 is 11.4. The van der Waals surface area contributed by atoms with Crippen molar-refractivity contribution in [3.63, 3.8) is 0 Å². The number of esters is 1. The molecule has 28 heavy (non-hydrogen) atoms. The van der Waals surface area contributed by atoms with Crippen LogP contribution >= 0.6 is 34.8 Å². The minimum absolute atomic E-state index is 0.0265. The summed E-state index contributed by atoms with van der Waals surface area (Å²) in [6.45, 7) is 6.17. The van der Waals surface area contributed by atoms with E-state index in [1.165, 1.54) is 20.8 Å². The molecule has 0 saturated carbocycles. The molecule has 3 N–H and O–H groups in total. The molecule has 1 atom stereocenters. The Labute approximate surface area is 176 Å². The predicted molar refractivity (Wildman–Crippen MR) is 106 cm³/mol. The predicted octanol–water partition coefficient (Wildman–Crippen LogP) is 5.62. The zero-order valence-corrected chi connectivity index (χ0v) is 17.7. The summed E-state index contributed by atoms with van der Waals surface area (Å²) >= 11 is 18.6. The molecule has 1 aliphatic heterocycles. The Balaban J connectivity index is 2.45. The SMILES string of the molecule is CC[C@](C)(O)c1c(Cl)c(O)c(C)c2c1Oc1c(Cl)c(O)c(Cl)c(C)c1C(=O)O2. The topological polar surface area (TPSA) is 96.2 Å². The zero-order valence-electron chi connectivity index (χ0n) is 15.4. The molecule has 0 amide bonds. The van der Waals surface area contributed by atoms with Gasteiger partial charge in [-0.05, 0) is 32.8 Å². The van der Waals surface area contributed by atoms with Crippen LogP contribution in [0.1, 0.15) is 47.3 Å². The Kier molecular flexibility index (Phi) is 5.13. The van der Waals surface area contributed by atoms with Crippen LogP contribution in [0.5, 0.6) is 28.7 Å². The van der Waals surface area contributed by atoms with Gasteiger partial charge in [0, 0.05) is 5.56 Å². The Morgan fingerprint density at radius 1 is 0.893 bits per heavy atom. The molecule has 1 aliphatic rings. The molecule has 0 spiro atoms. The largest absolute Gasteiger partial charge is 0.506 e. The molecule has 2 aromatic carbocycles. The number of ether oxygens (including phenoxy) is 2. The molecule has 2 aromatic rings. The maximum atomic E-state index is 12.8. The number of aliphatic hydroxyl groups is 1. The van der Waals surface area contributed by atoms with Gasteiger partial charge >= 0.3 is 5.97 Å². The molecule has 9 heteroatoms. The van der Waals surface area contributed by atoms with E-state index >= 15 is 0 Å². The number of phenols is 2. The van der Waals surface area contributed by atoms with Crippen LogP contribution in [0.2, 0.25) is 15.1 Å². The fraction of sp³-hybridized carbons (Fsp3) is 0.316. The highest BCUT2D eigenvalue weighted by Crippen LogP contribution is 2.56. The van der Waals surface area contributed by atoms with Gasteiger partial charge in [-0.2, -0.15) is 0 Å². The molecule has 0 bridgehead atoms. The summed E-state index contributed by atoms with van der Waals surface area (Å²) in [5.41, 5.74) is -1.24. The molecule has 0 saturated heterocycles. The van der Waals surface area contributed by atoms with Crippen LogP contribution in [0.3, 0.4) is 0 Å². The first kappa shape index (κ1) is 20.9. The number of carbonyl (C=O) groups is 1. The molecule has 0 aromatic heterocycles. The Bertz CT molecular complexity index is 1030. The second-order valence-corrected chi connectivity index (χ2v) is 7.88. The molecule has 0 radical (unpaired) electrons. The molecule has 6 nitrogen and oxygen atoms in total. The van der Waals surface area contributed by atoms with Crippen LogP contribution in [-0.2, 0) is 5.60 Å². The van der Waals surface area contributed by atoms with Gasteiger partial charge in [-0.1, -0.05) is 41.7 Å². The van der Waals surface area contributed by atoms with Gasteiger partial charge in [-0.25, -0.2) is 4.79 Å². The zero-order chi connectivity index (χ0) is 21.1. The van der Waals surface area contributed by atoms with Crippen molar-refractivity contribution >= 4 is 40.8 Å². The Hall–Kier alpha value is -1.86. The first-order valence-corrected chi connectivity index (χ1v) is 9.45. The maximum absolute atomic E-state index is 12.8. The molecular weight excluding hydrogens is 431 g/mol. The molecule has 0 aliphatic carbocycles. The highest BCUT2D eigenvalue weighted by atomic mass is 35.5. The molecule has 1 heterocycles. The standard InChI is InChI=1S/C19H17Cl3O6/c1-5-19(4,26)9-11(21)13(23)7(3)15-17(9)27-16-8(18(25)28-15)6(2)10(20)14(24)12(16)22/h23-24,26H,5H2,1-4H3/t19-/m0/s1. The third-order valence-electron chi connectivity index (χ3n) is 4.93. The third-order valence-corrected chi connectivity index (χ3v) is 6.11. The van der Waals surface area contributed by atoms with Crippen LogP contribution in [0.25, 0.3) is 0 Å². The minimum atomic E-state index is -1.53. The molecule has 0 unspecified atom stereocenters. The number of fused-ring (bicyclic) bond motifs is 2. The smallest absolute Gasteiger partial charge is 0.347 e. The number of halogens is 3. The van der Waals surface area contributed by atoms with E-state index in [2.05, 4.69) is 0 Å². The first-order valence-electron chi connectivity index (χ1n) is 8.32. The van der Waals surface area contributed by atoms with Crippen molar-refractivity contribution in [3.05, 3.63) is 37.3 Å². The number of rotatable bonds is 2. The van der Waals surface area contributed by atoms with Crippen LogP contribution < -0.4 is 9.47 Å². The van der Waals surface area contributed by atoms with Gasteiger partial charge in [-0.3, -0.25) is 0 Å². The van der Waals surface area contributed by atoms with E-state index in [0.717, 1.165) is 0 Å². The van der Waals surface area contributed by atoms with Gasteiger partial charge in [0.05, 0.1) is 21.2 Å². The summed E-state index contributed by atoms with van der Waals surface area (Å²) in [6, 6.07) is 0. The normalized spacial score (nSPS) is 15.1. The number of carbonyl (C=O) groups excluding carboxylic acids is 1. The van der Waals surface area contributed by atoms with Crippen LogP contribution in [0.15, 0.2) is 0 Å². The summed E-state index contributed by atoms with van der Waals surface area (Å²) in [5.74, 6) is -2.03. The average Bonchev–Trinajstić information content (AvgIpc) is 2.79. The highest BCUT2D eigenvalue weighted by molar-refractivity contribution is 6.39. The number of hydrogen-bond acceptors (Lipinski definition) is 6. The minimum Gasteiger partial charge on any atom is -0.506 e. The second-order valence-electron chi connectivity index (χ2n) is 6.75. The van der Waals surface area contributed by atoms with Crippen LogP contribution in [0, 0.1) is 13.8 Å². The molecule has 150 valence electrons. The Morgan fingerprint density at radius 3 is 2.07 bits per heavy atom. The van der Waals surface area contributed by atoms with E-state index in [4.69, 9.17) is 44.3 Å². The van der Waals surface area contributed by atoms with Crippen molar-refractivity contribution < 1.29 is 29.6 Å². The van der Waals surface area contributed by atoms with E-state index in [1.807, 2.05) is 0 Å². The van der Waals surface area contributed by atoms with Crippen molar-refractivity contribution in [2.24, 2.45) is 0 Å². The fourth-order valence-electron chi connectivity index (χ4n) is 3.01. The van der Waals surface area contributed by atoms with Gasteiger partial charge < -0.3 is 24.8 Å². The van der Waals surface area contributed by atoms with E-state index in [-0.39, 0.29) is 66.7 Å². The highest BCUT2D eigenvalue weighted by Gasteiger charge is 2.39. The first-order chi connectivity index (χ1) is 12.9. The van der Waals surface area contributed by atoms with Crippen molar-refractivity contribution in [2.45, 2.75) is 39.7 Å². The Morgan fingerprint density at radius 2 is 1.50 bits per heavy atom. The van der Waals surface area contributed by atoms with Crippen molar-refractivity contribution in [3.8, 4) is 28.7 Å². The van der Waals surface area contributed by atoms with Crippen molar-refractivity contribution in [1.29, 1.82) is 0 Å². The number of benzene rings is 2. The van der Waals surface area contributed by atoms with Crippen LogP contribution in [-0.4, -0.2) is 21.3 Å². The summed E-state index contributed by atoms with van der Waals surface area (Å²) in [6.07, 6.45) is 0.213. The molecule has 3 rings (SSSR count). The number of phenolic OH excluding ortho intramolecular Hbond substituents is 2. The van der Waals surface area contributed by atoms with E-state index in [0.29, 0.717) is 0 Å². The second kappa shape index (κ2) is 6.88. The third kappa shape index (κ3) is 2.87. The van der Waals surface area contributed by atoms with Gasteiger partial charge in [0.25, 0.3) is 0 Å². The molecular formula is C19H17Cl3O6. The summed E-state index contributed by atoms with van der Waals surface area (Å²) in [5, 5.41) is 30.9. The van der Waals surface area contributed by atoms with Gasteiger partial charge in [0.15, 0.2) is 23.0 Å². The maximum Gasteiger partial charge on any atom is 0.347 e. The summed E-state index contributed by atoms with van der Waals surface area (Å²) in [4.78, 5) is 12.8. The molecule has 0 fully saturated rings. The van der Waals surface area contributed by atoms with Gasteiger partial charge in [-0.15, -0.1) is 0 Å². The monoisotopic (exact) mass is 446 g/mol. The summed E-state index contributed by atoms with van der Waals surface area (Å²) in [7, 11) is 0. The fourth-order valence-corrected chi connectivity index (χ4v) is 3.91. The average molecular weight is 448 g/mol. The lowest BCUT2D eigenvalue weighted by atomic mass is 9.90. The van der Waals surface area contributed by atoms with Gasteiger partial charge in [0.1, 0.15) is 16.3 Å². The number of aromatic hydroxyl groups is 2. The van der Waals surface area contributed by atoms with Gasteiger partial charge in [0.2, 0.25) is 0 Å². The van der Waals surface area contributed by atoms with Crippen molar-refractivity contribution in [1.82, 2.24) is 0 Å².